The van der Waals surface area contributed by atoms with Crippen LogP contribution in [0.1, 0.15) is 22.5 Å². The van der Waals surface area contributed by atoms with Crippen LogP contribution in [0.25, 0.3) is 6.08 Å². The van der Waals surface area contributed by atoms with E-state index in [1.165, 1.54) is 12.0 Å². The fourth-order valence-electron chi connectivity index (χ4n) is 3.66. The number of rotatable bonds is 7. The monoisotopic (exact) mass is 415 g/mol. The van der Waals surface area contributed by atoms with Gasteiger partial charge in [0.2, 0.25) is 0 Å². The van der Waals surface area contributed by atoms with Crippen LogP contribution < -0.4 is 15.5 Å². The molecule has 2 N–H and O–H groups in total. The summed E-state index contributed by atoms with van der Waals surface area (Å²) in [4.78, 5) is 27.8. The number of carbonyl (C=O) groups is 2. The van der Waals surface area contributed by atoms with Gasteiger partial charge in [-0.05, 0) is 48.7 Å². The van der Waals surface area contributed by atoms with Crippen LogP contribution in [0.15, 0.2) is 89.2 Å². The zero-order valence-electron chi connectivity index (χ0n) is 17.2. The maximum atomic E-state index is 12.9. The number of furan rings is 1. The van der Waals surface area contributed by atoms with Crippen molar-refractivity contribution in [2.24, 2.45) is 5.92 Å². The van der Waals surface area contributed by atoms with Crippen LogP contribution in [0.2, 0.25) is 0 Å². The number of nitrogens with zero attached hydrogens (tertiary/aromatic N) is 1. The summed E-state index contributed by atoms with van der Waals surface area (Å²) in [5.74, 6) is 0.164. The summed E-state index contributed by atoms with van der Waals surface area (Å²) >= 11 is 0. The van der Waals surface area contributed by atoms with Crippen molar-refractivity contribution in [3.05, 3.63) is 96.1 Å². The first-order valence-electron chi connectivity index (χ1n) is 10.4. The third kappa shape index (κ3) is 5.42. The van der Waals surface area contributed by atoms with Gasteiger partial charge in [-0.1, -0.05) is 36.4 Å². The van der Waals surface area contributed by atoms with Gasteiger partial charge in [0, 0.05) is 37.0 Å². The predicted molar refractivity (Wildman–Crippen MR) is 120 cm³/mol. The number of benzene rings is 2. The largest absolute Gasteiger partial charge is 0.465 e. The molecule has 1 aliphatic rings. The first-order valence-corrected chi connectivity index (χ1v) is 10.4. The Bertz CT molecular complexity index is 1030. The Labute approximate surface area is 181 Å². The summed E-state index contributed by atoms with van der Waals surface area (Å²) in [5, 5.41) is 5.70. The SMILES string of the molecule is O=C(NCC1CCN(c2ccccc2)C1)C(=Cc1ccco1)NC(=O)c1ccccc1. The molecule has 31 heavy (non-hydrogen) atoms. The molecule has 1 atom stereocenters. The highest BCUT2D eigenvalue weighted by atomic mass is 16.3. The van der Waals surface area contributed by atoms with Crippen LogP contribution in [0.3, 0.4) is 0 Å². The van der Waals surface area contributed by atoms with Gasteiger partial charge in [0.1, 0.15) is 11.5 Å². The molecule has 158 valence electrons. The standard InChI is InChI=1S/C25H25N3O3/c29-24(20-8-3-1-4-9-20)27-23(16-22-12-7-15-31-22)25(30)26-17-19-13-14-28(18-19)21-10-5-2-6-11-21/h1-12,15-16,19H,13-14,17-18H2,(H,26,30)(H,27,29). The zero-order valence-corrected chi connectivity index (χ0v) is 17.2. The summed E-state index contributed by atoms with van der Waals surface area (Å²) in [6.07, 6.45) is 4.07. The van der Waals surface area contributed by atoms with Crippen LogP contribution in [-0.2, 0) is 4.79 Å². The van der Waals surface area contributed by atoms with Crippen molar-refractivity contribution in [1.29, 1.82) is 0 Å². The first kappa shape index (κ1) is 20.5. The molecule has 3 aromatic rings. The highest BCUT2D eigenvalue weighted by Gasteiger charge is 2.24. The van der Waals surface area contributed by atoms with E-state index in [9.17, 15) is 9.59 Å². The highest BCUT2D eigenvalue weighted by molar-refractivity contribution is 6.05. The number of hydrogen-bond acceptors (Lipinski definition) is 4. The van der Waals surface area contributed by atoms with Gasteiger partial charge < -0.3 is 20.0 Å². The van der Waals surface area contributed by atoms with Gasteiger partial charge in [-0.2, -0.15) is 0 Å². The Morgan fingerprint density at radius 3 is 2.45 bits per heavy atom. The molecular weight excluding hydrogens is 390 g/mol. The maximum Gasteiger partial charge on any atom is 0.267 e. The maximum absolute atomic E-state index is 12.9. The van der Waals surface area contributed by atoms with E-state index >= 15 is 0 Å². The second-order valence-electron chi connectivity index (χ2n) is 7.54. The van der Waals surface area contributed by atoms with Crippen LogP contribution >= 0.6 is 0 Å². The van der Waals surface area contributed by atoms with Gasteiger partial charge in [0.05, 0.1) is 6.26 Å². The Morgan fingerprint density at radius 2 is 1.74 bits per heavy atom. The fraction of sp³-hybridized carbons (Fsp3) is 0.200. The van der Waals surface area contributed by atoms with Crippen molar-refractivity contribution in [2.45, 2.75) is 6.42 Å². The molecule has 2 heterocycles. The Morgan fingerprint density at radius 1 is 1.00 bits per heavy atom. The number of amides is 2. The molecule has 1 unspecified atom stereocenters. The fourth-order valence-corrected chi connectivity index (χ4v) is 3.66. The van der Waals surface area contributed by atoms with Crippen molar-refractivity contribution in [3.8, 4) is 0 Å². The third-order valence-electron chi connectivity index (χ3n) is 5.32. The second-order valence-corrected chi connectivity index (χ2v) is 7.54. The van der Waals surface area contributed by atoms with E-state index in [4.69, 9.17) is 4.42 Å². The third-order valence-corrected chi connectivity index (χ3v) is 5.32. The molecule has 1 saturated heterocycles. The lowest BCUT2D eigenvalue weighted by molar-refractivity contribution is -0.117. The van der Waals surface area contributed by atoms with E-state index in [0.717, 1.165) is 19.5 Å². The van der Waals surface area contributed by atoms with E-state index in [-0.39, 0.29) is 17.5 Å². The van der Waals surface area contributed by atoms with E-state index < -0.39 is 0 Å². The molecule has 1 fully saturated rings. The minimum Gasteiger partial charge on any atom is -0.465 e. The molecule has 2 amide bonds. The zero-order chi connectivity index (χ0) is 21.5. The van der Waals surface area contributed by atoms with Crippen molar-refractivity contribution >= 4 is 23.6 Å². The quantitative estimate of drug-likeness (QED) is 0.577. The molecule has 0 aliphatic carbocycles. The molecular formula is C25H25N3O3. The smallest absolute Gasteiger partial charge is 0.267 e. The molecule has 0 saturated carbocycles. The lowest BCUT2D eigenvalue weighted by Crippen LogP contribution is -2.37. The molecule has 1 aliphatic heterocycles. The molecule has 6 heteroatoms. The normalized spacial score (nSPS) is 16.2. The van der Waals surface area contributed by atoms with Gasteiger partial charge in [0.25, 0.3) is 11.8 Å². The lowest BCUT2D eigenvalue weighted by atomic mass is 10.1. The van der Waals surface area contributed by atoms with Crippen molar-refractivity contribution in [3.63, 3.8) is 0 Å². The van der Waals surface area contributed by atoms with Crippen LogP contribution in [0, 0.1) is 5.92 Å². The highest BCUT2D eigenvalue weighted by Crippen LogP contribution is 2.23. The van der Waals surface area contributed by atoms with Crippen LogP contribution in [0.4, 0.5) is 5.69 Å². The number of nitrogens with one attached hydrogen (secondary N) is 2. The number of anilines is 1. The second kappa shape index (κ2) is 9.80. The summed E-state index contributed by atoms with van der Waals surface area (Å²) in [6, 6.07) is 22.5. The van der Waals surface area contributed by atoms with Gasteiger partial charge in [-0.25, -0.2) is 0 Å². The molecule has 2 aromatic carbocycles. The predicted octanol–water partition coefficient (Wildman–Crippen LogP) is 3.69. The van der Waals surface area contributed by atoms with E-state index in [1.54, 1.807) is 42.5 Å². The summed E-state index contributed by atoms with van der Waals surface area (Å²) in [5.41, 5.74) is 1.83. The van der Waals surface area contributed by atoms with Gasteiger partial charge >= 0.3 is 0 Å². The lowest BCUT2D eigenvalue weighted by Gasteiger charge is -2.19. The molecule has 0 bridgehead atoms. The number of para-hydroxylation sites is 1. The topological polar surface area (TPSA) is 74.6 Å². The average molecular weight is 415 g/mol. The van der Waals surface area contributed by atoms with E-state index in [0.29, 0.717) is 23.8 Å². The van der Waals surface area contributed by atoms with E-state index in [1.807, 2.05) is 24.3 Å². The Balaban J connectivity index is 1.39. The summed E-state index contributed by atoms with van der Waals surface area (Å²) < 4.78 is 5.33. The number of carbonyl (C=O) groups excluding carboxylic acids is 2. The van der Waals surface area contributed by atoms with Crippen molar-refractivity contribution in [2.75, 3.05) is 24.5 Å². The van der Waals surface area contributed by atoms with Crippen LogP contribution in [-0.4, -0.2) is 31.4 Å². The molecule has 1 aromatic heterocycles. The summed E-state index contributed by atoms with van der Waals surface area (Å²) in [6.45, 7) is 2.39. The Kier molecular flexibility index (Phi) is 6.47. The molecule has 0 radical (unpaired) electrons. The summed E-state index contributed by atoms with van der Waals surface area (Å²) in [7, 11) is 0. The van der Waals surface area contributed by atoms with E-state index in [2.05, 4.69) is 27.7 Å². The van der Waals surface area contributed by atoms with Crippen molar-refractivity contribution < 1.29 is 14.0 Å². The molecule has 4 rings (SSSR count). The van der Waals surface area contributed by atoms with Crippen LogP contribution in [0.5, 0.6) is 0 Å². The molecule has 0 spiro atoms. The average Bonchev–Trinajstić information content (AvgIpc) is 3.50. The van der Waals surface area contributed by atoms with Gasteiger partial charge in [-0.15, -0.1) is 0 Å². The van der Waals surface area contributed by atoms with Gasteiger partial charge in [0.15, 0.2) is 0 Å². The minimum absolute atomic E-state index is 0.154. The first-order chi connectivity index (χ1) is 15.2. The molecule has 6 nitrogen and oxygen atoms in total. The van der Waals surface area contributed by atoms with Gasteiger partial charge in [-0.3, -0.25) is 9.59 Å². The number of hydrogen-bond donors (Lipinski definition) is 2. The minimum atomic E-state index is -0.343. The Hall–Kier alpha value is -3.80. The van der Waals surface area contributed by atoms with Crippen molar-refractivity contribution in [1.82, 2.24) is 10.6 Å².